The Hall–Kier alpha value is -4.13. The molecule has 5 rings (SSSR count). The van der Waals surface area contributed by atoms with Gasteiger partial charge in [-0.2, -0.15) is 13.2 Å². The number of nitrogens with zero attached hydrogens (tertiary/aromatic N) is 1. The highest BCUT2D eigenvalue weighted by molar-refractivity contribution is 6.11. The zero-order chi connectivity index (χ0) is 24.7. The number of benzene rings is 4. The molecule has 0 atom stereocenters. The van der Waals surface area contributed by atoms with E-state index < -0.39 is 11.7 Å². The Labute approximate surface area is 200 Å². The minimum Gasteiger partial charge on any atom is -0.497 e. The maximum atomic E-state index is 13.9. The molecule has 1 aromatic heterocycles. The van der Waals surface area contributed by atoms with Gasteiger partial charge >= 0.3 is 6.18 Å². The predicted molar refractivity (Wildman–Crippen MR) is 131 cm³/mol. The van der Waals surface area contributed by atoms with E-state index in [4.69, 9.17) is 14.2 Å². The van der Waals surface area contributed by atoms with Gasteiger partial charge in [-0.3, -0.25) is 0 Å². The molecule has 7 heteroatoms. The van der Waals surface area contributed by atoms with Crippen molar-refractivity contribution in [1.82, 2.24) is 4.57 Å². The number of hydrogen-bond acceptors (Lipinski definition) is 3. The number of aromatic nitrogens is 1. The maximum Gasteiger partial charge on any atom is 0.416 e. The largest absolute Gasteiger partial charge is 0.497 e. The van der Waals surface area contributed by atoms with Gasteiger partial charge in [0.15, 0.2) is 0 Å². The van der Waals surface area contributed by atoms with Crippen LogP contribution in [0, 0.1) is 0 Å². The average Bonchev–Trinajstić information content (AvgIpc) is 3.20. The molecule has 0 N–H and O–H groups in total. The van der Waals surface area contributed by atoms with Crippen LogP contribution in [0.25, 0.3) is 38.6 Å². The highest BCUT2D eigenvalue weighted by Crippen LogP contribution is 2.45. The molecule has 35 heavy (non-hydrogen) atoms. The number of alkyl halides is 3. The van der Waals surface area contributed by atoms with E-state index in [9.17, 15) is 13.2 Å². The molecule has 0 bridgehead atoms. The van der Waals surface area contributed by atoms with Crippen molar-refractivity contribution in [3.05, 3.63) is 84.4 Å². The highest BCUT2D eigenvalue weighted by atomic mass is 19.4. The number of fused-ring (bicyclic) bond motifs is 3. The number of methoxy groups -OCH3 is 3. The SMILES string of the molecule is COc1ccc2c(c1)c1cc(OC)ccc1n2-c1c(OC)cc(C(F)(F)F)cc1-c1ccccc1. The van der Waals surface area contributed by atoms with Gasteiger partial charge in [-0.15, -0.1) is 0 Å². The molecule has 0 amide bonds. The minimum absolute atomic E-state index is 0.115. The van der Waals surface area contributed by atoms with Crippen molar-refractivity contribution < 1.29 is 27.4 Å². The fraction of sp³-hybridized carbons (Fsp3) is 0.143. The summed E-state index contributed by atoms with van der Waals surface area (Å²) in [6.07, 6.45) is -4.53. The summed E-state index contributed by atoms with van der Waals surface area (Å²) in [5.74, 6) is 1.45. The molecule has 0 aliphatic carbocycles. The quantitative estimate of drug-likeness (QED) is 0.263. The molecule has 4 aromatic carbocycles. The molecule has 0 saturated carbocycles. The zero-order valence-corrected chi connectivity index (χ0v) is 19.3. The second-order valence-electron chi connectivity index (χ2n) is 8.04. The molecule has 0 fully saturated rings. The summed E-state index contributed by atoms with van der Waals surface area (Å²) in [6.45, 7) is 0. The molecule has 1 heterocycles. The fourth-order valence-corrected chi connectivity index (χ4v) is 4.47. The lowest BCUT2D eigenvalue weighted by Gasteiger charge is -2.20. The third kappa shape index (κ3) is 3.83. The van der Waals surface area contributed by atoms with E-state index in [1.807, 2.05) is 47.0 Å². The zero-order valence-electron chi connectivity index (χ0n) is 19.3. The van der Waals surface area contributed by atoms with Gasteiger partial charge in [-0.05, 0) is 54.1 Å². The molecule has 0 saturated heterocycles. The van der Waals surface area contributed by atoms with Crippen molar-refractivity contribution in [2.24, 2.45) is 0 Å². The van der Waals surface area contributed by atoms with Crippen LogP contribution in [0.15, 0.2) is 78.9 Å². The molecule has 0 unspecified atom stereocenters. The normalized spacial score (nSPS) is 11.7. The van der Waals surface area contributed by atoms with Crippen LogP contribution in [0.1, 0.15) is 5.56 Å². The van der Waals surface area contributed by atoms with E-state index in [2.05, 4.69) is 0 Å². The van der Waals surface area contributed by atoms with Gasteiger partial charge in [0, 0.05) is 16.3 Å². The maximum absolute atomic E-state index is 13.9. The van der Waals surface area contributed by atoms with E-state index in [0.29, 0.717) is 28.3 Å². The molecule has 5 aromatic rings. The lowest BCUT2D eigenvalue weighted by Crippen LogP contribution is -2.09. The van der Waals surface area contributed by atoms with E-state index in [0.717, 1.165) is 27.9 Å². The molecule has 0 aliphatic heterocycles. The summed E-state index contributed by atoms with van der Waals surface area (Å²) in [5, 5.41) is 1.75. The summed E-state index contributed by atoms with van der Waals surface area (Å²) >= 11 is 0. The lowest BCUT2D eigenvalue weighted by atomic mass is 9.99. The first-order chi connectivity index (χ1) is 16.9. The molecule has 0 spiro atoms. The summed E-state index contributed by atoms with van der Waals surface area (Å²) in [7, 11) is 4.56. The van der Waals surface area contributed by atoms with Gasteiger partial charge < -0.3 is 18.8 Å². The predicted octanol–water partition coefficient (Wildman–Crippen LogP) is 7.50. The Balaban J connectivity index is 1.96. The van der Waals surface area contributed by atoms with Crippen molar-refractivity contribution >= 4 is 21.8 Å². The molecule has 178 valence electrons. The average molecular weight is 477 g/mol. The van der Waals surface area contributed by atoms with Crippen molar-refractivity contribution in [2.75, 3.05) is 21.3 Å². The van der Waals surface area contributed by atoms with Crippen LogP contribution in [0.5, 0.6) is 17.2 Å². The van der Waals surface area contributed by atoms with Crippen LogP contribution in [-0.4, -0.2) is 25.9 Å². The van der Waals surface area contributed by atoms with Crippen molar-refractivity contribution in [3.63, 3.8) is 0 Å². The van der Waals surface area contributed by atoms with Crippen LogP contribution in [0.3, 0.4) is 0 Å². The standard InChI is InChI=1S/C28H22F3NO3/c1-33-19-9-11-24-22(15-19)23-16-20(34-2)10-12-25(23)32(24)27-21(17-7-5-4-6-8-17)13-18(28(29,30)31)14-26(27)35-3/h4-16H,1-3H3. The Kier molecular flexibility index (Phi) is 5.55. The summed E-state index contributed by atoms with van der Waals surface area (Å²) < 4.78 is 60.0. The monoisotopic (exact) mass is 477 g/mol. The number of ether oxygens (including phenoxy) is 3. The van der Waals surface area contributed by atoms with Gasteiger partial charge in [0.1, 0.15) is 17.2 Å². The van der Waals surface area contributed by atoms with Crippen molar-refractivity contribution in [2.45, 2.75) is 6.18 Å². The summed E-state index contributed by atoms with van der Waals surface area (Å²) in [5.41, 5.74) is 2.38. The molecule has 0 radical (unpaired) electrons. The van der Waals surface area contributed by atoms with Gasteiger partial charge in [0.05, 0.1) is 43.6 Å². The fourth-order valence-electron chi connectivity index (χ4n) is 4.47. The van der Waals surface area contributed by atoms with Gasteiger partial charge in [-0.25, -0.2) is 0 Å². The first-order valence-electron chi connectivity index (χ1n) is 10.9. The lowest BCUT2D eigenvalue weighted by molar-refractivity contribution is -0.137. The third-order valence-corrected chi connectivity index (χ3v) is 6.11. The Bertz CT molecular complexity index is 1480. The van der Waals surface area contributed by atoms with Crippen molar-refractivity contribution in [1.29, 1.82) is 0 Å². The Morgan fingerprint density at radius 3 is 1.71 bits per heavy atom. The van der Waals surface area contributed by atoms with Gasteiger partial charge in [0.25, 0.3) is 0 Å². The number of hydrogen-bond donors (Lipinski definition) is 0. The highest BCUT2D eigenvalue weighted by Gasteiger charge is 2.33. The Morgan fingerprint density at radius 1 is 0.657 bits per heavy atom. The van der Waals surface area contributed by atoms with Crippen LogP contribution in [0.4, 0.5) is 13.2 Å². The third-order valence-electron chi connectivity index (χ3n) is 6.11. The second-order valence-corrected chi connectivity index (χ2v) is 8.04. The topological polar surface area (TPSA) is 32.6 Å². The van der Waals surface area contributed by atoms with Crippen LogP contribution >= 0.6 is 0 Å². The molecular weight excluding hydrogens is 455 g/mol. The van der Waals surface area contributed by atoms with E-state index >= 15 is 0 Å². The second kappa shape index (κ2) is 8.58. The van der Waals surface area contributed by atoms with E-state index in [1.165, 1.54) is 13.2 Å². The number of halogens is 3. The summed E-state index contributed by atoms with van der Waals surface area (Å²) in [4.78, 5) is 0. The van der Waals surface area contributed by atoms with Crippen LogP contribution in [0.2, 0.25) is 0 Å². The van der Waals surface area contributed by atoms with Crippen molar-refractivity contribution in [3.8, 4) is 34.1 Å². The van der Waals surface area contributed by atoms with Gasteiger partial charge in [-0.1, -0.05) is 30.3 Å². The molecule has 4 nitrogen and oxygen atoms in total. The Morgan fingerprint density at radius 2 is 1.23 bits per heavy atom. The van der Waals surface area contributed by atoms with E-state index in [-0.39, 0.29) is 5.75 Å². The first kappa shape index (κ1) is 22.7. The smallest absolute Gasteiger partial charge is 0.416 e. The minimum atomic E-state index is -4.53. The van der Waals surface area contributed by atoms with E-state index in [1.54, 1.807) is 38.5 Å². The summed E-state index contributed by atoms with van der Waals surface area (Å²) in [6, 6.07) is 22.5. The van der Waals surface area contributed by atoms with Crippen LogP contribution < -0.4 is 14.2 Å². The molecular formula is C28H22F3NO3. The molecule has 0 aliphatic rings. The number of rotatable bonds is 5. The first-order valence-corrected chi connectivity index (χ1v) is 10.9. The van der Waals surface area contributed by atoms with Gasteiger partial charge in [0.2, 0.25) is 0 Å². The van der Waals surface area contributed by atoms with Crippen LogP contribution in [-0.2, 0) is 6.18 Å².